The number of nitrogens with one attached hydrogen (secondary N) is 2. The molecule has 0 aliphatic rings. The normalized spacial score (nSPS) is 11.0. The molecule has 2 aromatic rings. The maximum Gasteiger partial charge on any atom is 0.323 e. The highest BCUT2D eigenvalue weighted by Crippen LogP contribution is 2.16. The first-order valence-electron chi connectivity index (χ1n) is 6.30. The zero-order valence-corrected chi connectivity index (χ0v) is 11.7. The molecule has 2 N–H and O–H groups in total. The van der Waals surface area contributed by atoms with Crippen LogP contribution in [0, 0.1) is 13.8 Å². The molecule has 2 rings (SSSR count). The molecule has 0 atom stereocenters. The topological polar surface area (TPSA) is 75.7 Å². The SMILES string of the molecule is Cc1cc(Oc2ncc(CNC(C)C)c(C)n2)n[nH]1. The first kappa shape index (κ1) is 13.5. The van der Waals surface area contributed by atoms with Crippen LogP contribution in [-0.4, -0.2) is 26.2 Å². The lowest BCUT2D eigenvalue weighted by molar-refractivity contribution is 0.421. The average Bonchev–Trinajstić information content (AvgIpc) is 2.73. The van der Waals surface area contributed by atoms with Gasteiger partial charge in [-0.3, -0.25) is 5.10 Å². The highest BCUT2D eigenvalue weighted by atomic mass is 16.5. The lowest BCUT2D eigenvalue weighted by Gasteiger charge is -2.10. The molecule has 0 aromatic carbocycles. The molecule has 102 valence electrons. The van der Waals surface area contributed by atoms with Gasteiger partial charge in [0.1, 0.15) is 0 Å². The van der Waals surface area contributed by atoms with Crippen LogP contribution in [0.3, 0.4) is 0 Å². The molecule has 0 spiro atoms. The zero-order chi connectivity index (χ0) is 13.8. The van der Waals surface area contributed by atoms with E-state index in [4.69, 9.17) is 4.74 Å². The van der Waals surface area contributed by atoms with Crippen molar-refractivity contribution in [2.45, 2.75) is 40.3 Å². The van der Waals surface area contributed by atoms with Gasteiger partial charge in [0, 0.05) is 41.8 Å². The van der Waals surface area contributed by atoms with Crippen LogP contribution < -0.4 is 10.1 Å². The molecule has 0 unspecified atom stereocenters. The Balaban J connectivity index is 2.06. The number of hydrogen-bond acceptors (Lipinski definition) is 5. The van der Waals surface area contributed by atoms with Gasteiger partial charge in [-0.15, -0.1) is 5.10 Å². The number of hydrogen-bond donors (Lipinski definition) is 2. The first-order chi connectivity index (χ1) is 9.04. The second kappa shape index (κ2) is 5.79. The number of rotatable bonds is 5. The number of aryl methyl sites for hydroxylation is 2. The van der Waals surface area contributed by atoms with Gasteiger partial charge in [-0.2, -0.15) is 4.98 Å². The van der Waals surface area contributed by atoms with Crippen LogP contribution in [0.2, 0.25) is 0 Å². The van der Waals surface area contributed by atoms with Crippen LogP contribution in [-0.2, 0) is 6.54 Å². The van der Waals surface area contributed by atoms with Crippen LogP contribution in [0.1, 0.15) is 30.8 Å². The minimum Gasteiger partial charge on any atom is -0.404 e. The molecule has 2 aromatic heterocycles. The second-order valence-corrected chi connectivity index (χ2v) is 4.79. The van der Waals surface area contributed by atoms with Gasteiger partial charge in [-0.05, 0) is 13.8 Å². The predicted molar refractivity (Wildman–Crippen MR) is 72.1 cm³/mol. The lowest BCUT2D eigenvalue weighted by atomic mass is 10.2. The van der Waals surface area contributed by atoms with Crippen LogP contribution in [0.4, 0.5) is 0 Å². The van der Waals surface area contributed by atoms with Crippen LogP contribution in [0.5, 0.6) is 11.9 Å². The van der Waals surface area contributed by atoms with Gasteiger partial charge in [0.05, 0.1) is 0 Å². The maximum absolute atomic E-state index is 5.48. The van der Waals surface area contributed by atoms with Gasteiger partial charge in [0.15, 0.2) is 0 Å². The van der Waals surface area contributed by atoms with Crippen LogP contribution in [0.15, 0.2) is 12.3 Å². The molecular weight excluding hydrogens is 242 g/mol. The zero-order valence-electron chi connectivity index (χ0n) is 11.7. The summed E-state index contributed by atoms with van der Waals surface area (Å²) in [5.41, 5.74) is 2.91. The maximum atomic E-state index is 5.48. The Hall–Kier alpha value is -1.95. The van der Waals surface area contributed by atoms with Gasteiger partial charge in [-0.25, -0.2) is 4.98 Å². The summed E-state index contributed by atoms with van der Waals surface area (Å²) in [5, 5.41) is 10.1. The molecule has 2 heterocycles. The van der Waals surface area contributed by atoms with E-state index in [2.05, 4.69) is 39.3 Å². The molecule has 0 radical (unpaired) electrons. The summed E-state index contributed by atoms with van der Waals surface area (Å²) >= 11 is 0. The molecule has 19 heavy (non-hydrogen) atoms. The van der Waals surface area contributed by atoms with E-state index >= 15 is 0 Å². The largest absolute Gasteiger partial charge is 0.404 e. The fourth-order valence-corrected chi connectivity index (χ4v) is 1.55. The number of aromatic nitrogens is 4. The van der Waals surface area contributed by atoms with E-state index in [1.54, 1.807) is 12.3 Å². The van der Waals surface area contributed by atoms with Crippen molar-refractivity contribution in [1.29, 1.82) is 0 Å². The van der Waals surface area contributed by atoms with E-state index in [1.807, 2.05) is 13.8 Å². The third-order valence-corrected chi connectivity index (χ3v) is 2.64. The molecule has 0 saturated carbocycles. The summed E-state index contributed by atoms with van der Waals surface area (Å²) < 4.78 is 5.48. The highest BCUT2D eigenvalue weighted by molar-refractivity contribution is 5.21. The Bertz CT molecular complexity index is 550. The van der Waals surface area contributed by atoms with Crippen molar-refractivity contribution in [3.05, 3.63) is 29.2 Å². The van der Waals surface area contributed by atoms with E-state index in [0.29, 0.717) is 17.9 Å². The van der Waals surface area contributed by atoms with E-state index in [9.17, 15) is 0 Å². The van der Waals surface area contributed by atoms with Gasteiger partial charge in [-0.1, -0.05) is 13.8 Å². The molecule has 6 heteroatoms. The highest BCUT2D eigenvalue weighted by Gasteiger charge is 2.07. The van der Waals surface area contributed by atoms with Crippen molar-refractivity contribution in [3.63, 3.8) is 0 Å². The number of ether oxygens (including phenoxy) is 1. The molecular formula is C13H19N5O. The molecule has 0 aliphatic heterocycles. The lowest BCUT2D eigenvalue weighted by Crippen LogP contribution is -2.22. The smallest absolute Gasteiger partial charge is 0.323 e. The van der Waals surface area contributed by atoms with Crippen LogP contribution >= 0.6 is 0 Å². The van der Waals surface area contributed by atoms with E-state index in [1.165, 1.54) is 0 Å². The summed E-state index contributed by atoms with van der Waals surface area (Å²) in [7, 11) is 0. The molecule has 0 fully saturated rings. The fourth-order valence-electron chi connectivity index (χ4n) is 1.55. The van der Waals surface area contributed by atoms with Gasteiger partial charge in [0.2, 0.25) is 5.88 Å². The molecule has 0 saturated heterocycles. The Morgan fingerprint density at radius 2 is 2.16 bits per heavy atom. The molecule has 0 amide bonds. The molecule has 0 bridgehead atoms. The average molecular weight is 261 g/mol. The second-order valence-electron chi connectivity index (χ2n) is 4.79. The quantitative estimate of drug-likeness (QED) is 0.862. The first-order valence-corrected chi connectivity index (χ1v) is 6.30. The Morgan fingerprint density at radius 3 is 2.74 bits per heavy atom. The Kier molecular flexibility index (Phi) is 4.11. The summed E-state index contributed by atoms with van der Waals surface area (Å²) in [5.74, 6) is 0.477. The monoisotopic (exact) mass is 261 g/mol. The summed E-state index contributed by atoms with van der Waals surface area (Å²) in [6.07, 6.45) is 1.78. The van der Waals surface area contributed by atoms with Crippen LogP contribution in [0.25, 0.3) is 0 Å². The molecule has 0 aliphatic carbocycles. The minimum atomic E-state index is 0.317. The van der Waals surface area contributed by atoms with E-state index in [-0.39, 0.29) is 0 Å². The van der Waals surface area contributed by atoms with Gasteiger partial charge in [0.25, 0.3) is 0 Å². The Labute approximate surface area is 112 Å². The third kappa shape index (κ3) is 3.75. The standard InChI is InChI=1S/C13H19N5O/c1-8(2)14-6-11-7-15-13(16-10(11)4)19-12-5-9(3)17-18-12/h5,7-8,14H,6H2,1-4H3,(H,17,18). The van der Waals surface area contributed by atoms with E-state index < -0.39 is 0 Å². The number of nitrogens with zero attached hydrogens (tertiary/aromatic N) is 3. The molecule has 6 nitrogen and oxygen atoms in total. The van der Waals surface area contributed by atoms with Crippen molar-refractivity contribution in [3.8, 4) is 11.9 Å². The van der Waals surface area contributed by atoms with Crippen molar-refractivity contribution in [1.82, 2.24) is 25.5 Å². The van der Waals surface area contributed by atoms with Crippen molar-refractivity contribution in [2.24, 2.45) is 0 Å². The third-order valence-electron chi connectivity index (χ3n) is 2.64. The van der Waals surface area contributed by atoms with Crippen molar-refractivity contribution in [2.75, 3.05) is 0 Å². The summed E-state index contributed by atoms with van der Waals surface area (Å²) in [4.78, 5) is 8.52. The van der Waals surface area contributed by atoms with Crippen molar-refractivity contribution < 1.29 is 4.74 Å². The summed E-state index contributed by atoms with van der Waals surface area (Å²) in [6.45, 7) is 8.82. The predicted octanol–water partition coefficient (Wildman–Crippen LogP) is 2.11. The minimum absolute atomic E-state index is 0.317. The Morgan fingerprint density at radius 1 is 1.37 bits per heavy atom. The number of aromatic amines is 1. The van der Waals surface area contributed by atoms with Crippen molar-refractivity contribution >= 4 is 0 Å². The van der Waals surface area contributed by atoms with Gasteiger partial charge < -0.3 is 10.1 Å². The fraction of sp³-hybridized carbons (Fsp3) is 0.462. The summed E-state index contributed by atoms with van der Waals surface area (Å²) in [6, 6.07) is 2.55. The van der Waals surface area contributed by atoms with E-state index in [0.717, 1.165) is 23.5 Å². The number of H-pyrrole nitrogens is 1. The van der Waals surface area contributed by atoms with Gasteiger partial charge >= 0.3 is 6.01 Å².